The number of aliphatic imine (C=N–C) groups is 1. The van der Waals surface area contributed by atoms with Crippen molar-refractivity contribution in [1.82, 2.24) is 0 Å². The van der Waals surface area contributed by atoms with E-state index in [4.69, 9.17) is 0 Å². The van der Waals surface area contributed by atoms with Gasteiger partial charge in [0, 0.05) is 13.3 Å². The van der Waals surface area contributed by atoms with Crippen molar-refractivity contribution in [2.24, 2.45) is 15.8 Å². The minimum atomic E-state index is 0.177. The SMILES string of the molecule is CN=C/C(=C(\C)C(C)(C)C)C(C)(C)C. The van der Waals surface area contributed by atoms with Gasteiger partial charge in [-0.1, -0.05) is 47.1 Å². The van der Waals surface area contributed by atoms with E-state index in [-0.39, 0.29) is 10.8 Å². The van der Waals surface area contributed by atoms with Crippen molar-refractivity contribution in [3.63, 3.8) is 0 Å². The zero-order valence-electron chi connectivity index (χ0n) is 11.0. The zero-order chi connectivity index (χ0) is 11.6. The summed E-state index contributed by atoms with van der Waals surface area (Å²) >= 11 is 0. The Morgan fingerprint density at radius 2 is 1.36 bits per heavy atom. The lowest BCUT2D eigenvalue weighted by molar-refractivity contribution is 0.460. The maximum Gasteiger partial charge on any atom is 0.0277 e. The van der Waals surface area contributed by atoms with E-state index in [0.717, 1.165) is 0 Å². The van der Waals surface area contributed by atoms with Crippen LogP contribution in [0.3, 0.4) is 0 Å². The Kier molecular flexibility index (Phi) is 4.11. The lowest BCUT2D eigenvalue weighted by atomic mass is 9.76. The first-order valence-corrected chi connectivity index (χ1v) is 5.24. The van der Waals surface area contributed by atoms with E-state index >= 15 is 0 Å². The molecule has 0 aromatic heterocycles. The van der Waals surface area contributed by atoms with E-state index < -0.39 is 0 Å². The fourth-order valence-corrected chi connectivity index (χ4v) is 1.39. The van der Waals surface area contributed by atoms with Crippen LogP contribution in [0, 0.1) is 10.8 Å². The summed E-state index contributed by atoms with van der Waals surface area (Å²) < 4.78 is 0. The average Bonchev–Trinajstić information content (AvgIpc) is 1.94. The van der Waals surface area contributed by atoms with Gasteiger partial charge in [-0.3, -0.25) is 4.99 Å². The fourth-order valence-electron chi connectivity index (χ4n) is 1.39. The lowest BCUT2D eigenvalue weighted by Crippen LogP contribution is -2.19. The summed E-state index contributed by atoms with van der Waals surface area (Å²) in [6.45, 7) is 15.7. The van der Waals surface area contributed by atoms with Gasteiger partial charge in [0.2, 0.25) is 0 Å². The van der Waals surface area contributed by atoms with E-state index in [2.05, 4.69) is 53.5 Å². The maximum absolute atomic E-state index is 4.15. The van der Waals surface area contributed by atoms with Crippen LogP contribution < -0.4 is 0 Å². The third-order valence-corrected chi connectivity index (χ3v) is 2.60. The molecule has 0 amide bonds. The molecule has 0 saturated carbocycles. The average molecular weight is 195 g/mol. The number of allylic oxidation sites excluding steroid dienone is 2. The van der Waals surface area contributed by atoms with Gasteiger partial charge < -0.3 is 0 Å². The monoisotopic (exact) mass is 195 g/mol. The van der Waals surface area contributed by atoms with Crippen LogP contribution in [-0.2, 0) is 0 Å². The molecule has 0 saturated heterocycles. The second kappa shape index (κ2) is 4.29. The first kappa shape index (κ1) is 13.4. The van der Waals surface area contributed by atoms with Gasteiger partial charge in [-0.15, -0.1) is 0 Å². The first-order chi connectivity index (χ1) is 6.10. The number of hydrogen-bond acceptors (Lipinski definition) is 1. The maximum atomic E-state index is 4.15. The molecule has 1 heteroatoms. The Labute approximate surface area is 89.3 Å². The molecule has 0 heterocycles. The zero-order valence-corrected chi connectivity index (χ0v) is 11.0. The van der Waals surface area contributed by atoms with Gasteiger partial charge in [0.25, 0.3) is 0 Å². The summed E-state index contributed by atoms with van der Waals surface area (Å²) in [5.41, 5.74) is 3.18. The molecule has 0 radical (unpaired) electrons. The van der Waals surface area contributed by atoms with Gasteiger partial charge in [0.05, 0.1) is 0 Å². The molecule has 0 fully saturated rings. The number of rotatable bonds is 1. The van der Waals surface area contributed by atoms with Crippen LogP contribution >= 0.6 is 0 Å². The van der Waals surface area contributed by atoms with Crippen LogP contribution in [0.25, 0.3) is 0 Å². The summed E-state index contributed by atoms with van der Waals surface area (Å²) in [6, 6.07) is 0. The number of nitrogens with zero attached hydrogens (tertiary/aromatic N) is 1. The summed E-state index contributed by atoms with van der Waals surface area (Å²) in [5.74, 6) is 0. The van der Waals surface area contributed by atoms with Gasteiger partial charge in [-0.25, -0.2) is 0 Å². The summed E-state index contributed by atoms with van der Waals surface area (Å²) in [4.78, 5) is 4.15. The summed E-state index contributed by atoms with van der Waals surface area (Å²) in [6.07, 6.45) is 2.00. The highest BCUT2D eigenvalue weighted by Gasteiger charge is 2.23. The highest BCUT2D eigenvalue weighted by molar-refractivity contribution is 5.81. The summed E-state index contributed by atoms with van der Waals surface area (Å²) in [7, 11) is 1.84. The molecule has 0 aliphatic heterocycles. The molecule has 14 heavy (non-hydrogen) atoms. The third-order valence-electron chi connectivity index (χ3n) is 2.60. The Bertz CT molecular complexity index is 243. The predicted molar refractivity (Wildman–Crippen MR) is 66.0 cm³/mol. The molecule has 1 nitrogen and oxygen atoms in total. The minimum absolute atomic E-state index is 0.177. The molecule has 0 aromatic rings. The quantitative estimate of drug-likeness (QED) is 0.559. The highest BCUT2D eigenvalue weighted by Crippen LogP contribution is 2.34. The third kappa shape index (κ3) is 3.65. The lowest BCUT2D eigenvalue weighted by Gasteiger charge is -2.29. The Hall–Kier alpha value is -0.590. The van der Waals surface area contributed by atoms with Crippen LogP contribution in [0.2, 0.25) is 0 Å². The van der Waals surface area contributed by atoms with E-state index in [1.54, 1.807) is 0 Å². The van der Waals surface area contributed by atoms with Crippen LogP contribution in [0.1, 0.15) is 48.5 Å². The summed E-state index contributed by atoms with van der Waals surface area (Å²) in [5, 5.41) is 0. The van der Waals surface area contributed by atoms with Crippen molar-refractivity contribution in [3.05, 3.63) is 11.1 Å². The van der Waals surface area contributed by atoms with Crippen molar-refractivity contribution < 1.29 is 0 Å². The molecule has 0 bridgehead atoms. The highest BCUT2D eigenvalue weighted by atomic mass is 14.6. The van der Waals surface area contributed by atoms with Crippen molar-refractivity contribution in [3.8, 4) is 0 Å². The Morgan fingerprint density at radius 1 is 0.929 bits per heavy atom. The van der Waals surface area contributed by atoms with E-state index in [9.17, 15) is 0 Å². The predicted octanol–water partition coefficient (Wildman–Crippen LogP) is 4.10. The second-order valence-corrected chi connectivity index (χ2v) is 5.93. The minimum Gasteiger partial charge on any atom is -0.296 e. The normalized spacial score (nSPS) is 16.0. The molecule has 0 N–H and O–H groups in total. The van der Waals surface area contributed by atoms with Crippen LogP contribution in [-0.4, -0.2) is 13.3 Å². The van der Waals surface area contributed by atoms with Gasteiger partial charge in [0.1, 0.15) is 0 Å². The molecular formula is C13H25N. The smallest absolute Gasteiger partial charge is 0.0277 e. The van der Waals surface area contributed by atoms with Crippen LogP contribution in [0.5, 0.6) is 0 Å². The van der Waals surface area contributed by atoms with Crippen molar-refractivity contribution in [1.29, 1.82) is 0 Å². The molecule has 82 valence electrons. The van der Waals surface area contributed by atoms with Gasteiger partial charge >= 0.3 is 0 Å². The Balaban J connectivity index is 5.40. The second-order valence-electron chi connectivity index (χ2n) is 5.93. The van der Waals surface area contributed by atoms with Crippen LogP contribution in [0.4, 0.5) is 0 Å². The van der Waals surface area contributed by atoms with Gasteiger partial charge in [-0.05, 0) is 23.3 Å². The molecule has 0 atom stereocenters. The van der Waals surface area contributed by atoms with Crippen molar-refractivity contribution in [2.75, 3.05) is 7.05 Å². The van der Waals surface area contributed by atoms with Crippen molar-refractivity contribution in [2.45, 2.75) is 48.5 Å². The molecule has 0 spiro atoms. The number of hydrogen-bond donors (Lipinski definition) is 0. The fraction of sp³-hybridized carbons (Fsp3) is 0.769. The van der Waals surface area contributed by atoms with E-state index in [1.807, 2.05) is 13.3 Å². The molecule has 0 unspecified atom stereocenters. The molecule has 0 aliphatic carbocycles. The van der Waals surface area contributed by atoms with Gasteiger partial charge in [-0.2, -0.15) is 0 Å². The largest absolute Gasteiger partial charge is 0.296 e. The molecule has 0 aromatic carbocycles. The Morgan fingerprint density at radius 3 is 1.57 bits per heavy atom. The van der Waals surface area contributed by atoms with Crippen molar-refractivity contribution >= 4 is 6.21 Å². The van der Waals surface area contributed by atoms with E-state index in [0.29, 0.717) is 0 Å². The standard InChI is InChI=1S/C13H25N/c1-10(12(2,3)4)11(9-14-8)13(5,6)7/h9H,1-8H3/b11-10-,14-9?. The molecule has 0 aliphatic rings. The van der Waals surface area contributed by atoms with E-state index in [1.165, 1.54) is 11.1 Å². The van der Waals surface area contributed by atoms with Crippen LogP contribution in [0.15, 0.2) is 16.1 Å². The molecular weight excluding hydrogens is 170 g/mol. The topological polar surface area (TPSA) is 12.4 Å². The molecule has 0 rings (SSSR count). The first-order valence-electron chi connectivity index (χ1n) is 5.24. The van der Waals surface area contributed by atoms with Gasteiger partial charge in [0.15, 0.2) is 0 Å².